The van der Waals surface area contributed by atoms with Crippen molar-refractivity contribution < 1.29 is 15.0 Å². The number of aliphatic hydroxyl groups excluding tert-OH is 1. The Labute approximate surface area is 152 Å². The lowest BCUT2D eigenvalue weighted by molar-refractivity contribution is -0.137. The Bertz CT molecular complexity index is 425. The lowest BCUT2D eigenvalue weighted by Gasteiger charge is -2.13. The molecule has 0 rings (SSSR count). The highest BCUT2D eigenvalue weighted by atomic mass is 32.1. The quantitative estimate of drug-likeness (QED) is 0.176. The maximum absolute atomic E-state index is 10.4. The molecule has 0 bridgehead atoms. The molecule has 0 aromatic carbocycles. The van der Waals surface area contributed by atoms with Gasteiger partial charge in [0.1, 0.15) is 0 Å². The number of carboxylic acid groups (broad SMARTS) is 1. The average molecular weight is 353 g/mol. The first-order chi connectivity index (χ1) is 11.6. The molecule has 0 aromatic heterocycles. The van der Waals surface area contributed by atoms with Gasteiger partial charge in [0, 0.05) is 11.7 Å². The van der Waals surface area contributed by atoms with Crippen molar-refractivity contribution >= 4 is 18.6 Å². The zero-order valence-electron chi connectivity index (χ0n) is 14.7. The molecule has 0 radical (unpaired) electrons. The van der Waals surface area contributed by atoms with E-state index in [9.17, 15) is 9.90 Å². The molecule has 4 heteroatoms. The highest BCUT2D eigenvalue weighted by Gasteiger charge is 2.12. The van der Waals surface area contributed by atoms with Gasteiger partial charge in [-0.3, -0.25) is 4.79 Å². The van der Waals surface area contributed by atoms with E-state index < -0.39 is 12.1 Å². The summed E-state index contributed by atoms with van der Waals surface area (Å²) in [5.74, 6) is -0.834. The van der Waals surface area contributed by atoms with Gasteiger partial charge in [0.15, 0.2) is 0 Å². The zero-order chi connectivity index (χ0) is 18.0. The number of aliphatic hydroxyl groups is 1. The summed E-state index contributed by atoms with van der Waals surface area (Å²) in [5.41, 5.74) is 0. The molecule has 2 N–H and O–H groups in total. The molecular formula is C20H32O3S. The Morgan fingerprint density at radius 2 is 1.79 bits per heavy atom. The van der Waals surface area contributed by atoms with Crippen molar-refractivity contribution in [1.29, 1.82) is 0 Å². The molecule has 0 aliphatic heterocycles. The molecule has 0 aliphatic rings. The summed E-state index contributed by atoms with van der Waals surface area (Å²) < 4.78 is 0. The van der Waals surface area contributed by atoms with Crippen LogP contribution < -0.4 is 0 Å². The average Bonchev–Trinajstić information content (AvgIpc) is 2.55. The van der Waals surface area contributed by atoms with Gasteiger partial charge in [-0.25, -0.2) is 0 Å². The molecule has 0 fully saturated rings. The number of hydrogen-bond donors (Lipinski definition) is 3. The van der Waals surface area contributed by atoms with Crippen LogP contribution in [0.1, 0.15) is 58.3 Å². The van der Waals surface area contributed by atoms with Crippen molar-refractivity contribution in [2.24, 2.45) is 0 Å². The number of allylic oxidation sites excluding steroid dienone is 7. The zero-order valence-corrected chi connectivity index (χ0v) is 15.6. The summed E-state index contributed by atoms with van der Waals surface area (Å²) in [6, 6.07) is 0. The molecule has 3 nitrogen and oxygen atoms in total. The van der Waals surface area contributed by atoms with Crippen LogP contribution in [0.5, 0.6) is 0 Å². The van der Waals surface area contributed by atoms with Crippen molar-refractivity contribution in [3.63, 3.8) is 0 Å². The van der Waals surface area contributed by atoms with Crippen LogP contribution in [-0.4, -0.2) is 27.5 Å². The van der Waals surface area contributed by atoms with E-state index in [1.165, 1.54) is 25.7 Å². The predicted octanol–water partition coefficient (Wildman–Crippen LogP) is 5.10. The summed E-state index contributed by atoms with van der Waals surface area (Å²) in [5, 5.41) is 18.1. The van der Waals surface area contributed by atoms with E-state index in [1.807, 2.05) is 30.4 Å². The SMILES string of the molecule is CCCCC/C=C/C/C=C/C=C/C=C\[C@H](S)[C@H](O)CCCC(=O)O. The van der Waals surface area contributed by atoms with Crippen molar-refractivity contribution in [1.82, 2.24) is 0 Å². The van der Waals surface area contributed by atoms with Crippen LogP contribution in [0.3, 0.4) is 0 Å². The highest BCUT2D eigenvalue weighted by molar-refractivity contribution is 7.81. The minimum atomic E-state index is -0.834. The number of rotatable bonds is 14. The van der Waals surface area contributed by atoms with Gasteiger partial charge in [0.25, 0.3) is 0 Å². The Balaban J connectivity index is 3.81. The van der Waals surface area contributed by atoms with E-state index in [0.717, 1.165) is 6.42 Å². The van der Waals surface area contributed by atoms with Crippen molar-refractivity contribution in [3.05, 3.63) is 48.6 Å². The van der Waals surface area contributed by atoms with Gasteiger partial charge in [-0.1, -0.05) is 68.4 Å². The van der Waals surface area contributed by atoms with E-state index in [4.69, 9.17) is 5.11 Å². The van der Waals surface area contributed by atoms with Gasteiger partial charge < -0.3 is 10.2 Å². The normalized spacial score (nSPS) is 15.1. The number of aliphatic carboxylic acids is 1. The van der Waals surface area contributed by atoms with E-state index in [1.54, 1.807) is 0 Å². The Morgan fingerprint density at radius 3 is 2.50 bits per heavy atom. The van der Waals surface area contributed by atoms with Crippen LogP contribution in [0.15, 0.2) is 48.6 Å². The first kappa shape index (κ1) is 22.7. The fourth-order valence-corrected chi connectivity index (χ4v) is 2.28. The number of unbranched alkanes of at least 4 members (excludes halogenated alkanes) is 3. The van der Waals surface area contributed by atoms with Crippen molar-refractivity contribution in [2.75, 3.05) is 0 Å². The number of thiol groups is 1. The summed E-state index contributed by atoms with van der Waals surface area (Å²) in [6.45, 7) is 2.21. The second-order valence-corrected chi connectivity index (χ2v) is 6.34. The molecular weight excluding hydrogens is 320 g/mol. The maximum Gasteiger partial charge on any atom is 0.303 e. The van der Waals surface area contributed by atoms with Crippen LogP contribution in [0, 0.1) is 0 Å². The third-order valence-electron chi connectivity index (χ3n) is 3.48. The van der Waals surface area contributed by atoms with E-state index in [2.05, 4.69) is 37.8 Å². The number of hydrogen-bond acceptors (Lipinski definition) is 3. The van der Waals surface area contributed by atoms with E-state index in [0.29, 0.717) is 12.8 Å². The standard InChI is InChI=1S/C20H32O3S/c1-2-3-4-5-6-7-8-9-10-11-12-13-16-19(24)18(21)15-14-17-20(22)23/h6-7,9-13,16,18-19,21,24H,2-5,8,14-15,17H2,1H3,(H,22,23)/b7-6+,10-9+,12-11+,16-13-/t18-,19+/m1/s1. The topological polar surface area (TPSA) is 57.5 Å². The van der Waals surface area contributed by atoms with Crippen LogP contribution in [0.4, 0.5) is 0 Å². The lowest BCUT2D eigenvalue weighted by atomic mass is 10.1. The molecule has 0 heterocycles. The van der Waals surface area contributed by atoms with Crippen molar-refractivity contribution in [2.45, 2.75) is 69.6 Å². The van der Waals surface area contributed by atoms with E-state index in [-0.39, 0.29) is 11.7 Å². The van der Waals surface area contributed by atoms with Crippen LogP contribution in [-0.2, 0) is 4.79 Å². The summed E-state index contributed by atoms with van der Waals surface area (Å²) in [6.07, 6.45) is 22.3. The summed E-state index contributed by atoms with van der Waals surface area (Å²) in [7, 11) is 0. The van der Waals surface area contributed by atoms with Gasteiger partial charge in [-0.05, 0) is 32.1 Å². The molecule has 0 unspecified atom stereocenters. The predicted molar refractivity (Wildman–Crippen MR) is 106 cm³/mol. The molecule has 2 atom stereocenters. The number of carboxylic acids is 1. The molecule has 24 heavy (non-hydrogen) atoms. The molecule has 0 saturated carbocycles. The second-order valence-electron chi connectivity index (χ2n) is 5.74. The minimum absolute atomic E-state index is 0.0824. The van der Waals surface area contributed by atoms with Gasteiger partial charge in [0.05, 0.1) is 6.10 Å². The lowest BCUT2D eigenvalue weighted by Crippen LogP contribution is -2.19. The van der Waals surface area contributed by atoms with Crippen LogP contribution in [0.2, 0.25) is 0 Å². The van der Waals surface area contributed by atoms with Crippen LogP contribution in [0.25, 0.3) is 0 Å². The number of carbonyl (C=O) groups is 1. The molecule has 0 amide bonds. The highest BCUT2D eigenvalue weighted by Crippen LogP contribution is 2.11. The Kier molecular flexibility index (Phi) is 15.7. The van der Waals surface area contributed by atoms with Gasteiger partial charge >= 0.3 is 5.97 Å². The fourth-order valence-electron chi connectivity index (χ4n) is 2.03. The third-order valence-corrected chi connectivity index (χ3v) is 3.99. The third kappa shape index (κ3) is 15.6. The summed E-state index contributed by atoms with van der Waals surface area (Å²) in [4.78, 5) is 10.4. The summed E-state index contributed by atoms with van der Waals surface area (Å²) >= 11 is 4.31. The molecule has 0 aromatic rings. The molecule has 0 saturated heterocycles. The largest absolute Gasteiger partial charge is 0.481 e. The fraction of sp³-hybridized carbons (Fsp3) is 0.550. The van der Waals surface area contributed by atoms with Gasteiger partial charge in [-0.15, -0.1) is 0 Å². The molecule has 0 spiro atoms. The first-order valence-electron chi connectivity index (χ1n) is 8.80. The second kappa shape index (κ2) is 16.6. The molecule has 136 valence electrons. The van der Waals surface area contributed by atoms with Gasteiger partial charge in [-0.2, -0.15) is 12.6 Å². The van der Waals surface area contributed by atoms with E-state index >= 15 is 0 Å². The molecule has 0 aliphatic carbocycles. The Hall–Kier alpha value is -1.26. The monoisotopic (exact) mass is 352 g/mol. The van der Waals surface area contributed by atoms with Crippen LogP contribution >= 0.6 is 12.6 Å². The Morgan fingerprint density at radius 1 is 1.04 bits per heavy atom. The maximum atomic E-state index is 10.4. The smallest absolute Gasteiger partial charge is 0.303 e. The first-order valence-corrected chi connectivity index (χ1v) is 9.32. The van der Waals surface area contributed by atoms with Gasteiger partial charge in [0.2, 0.25) is 0 Å². The minimum Gasteiger partial charge on any atom is -0.481 e. The van der Waals surface area contributed by atoms with Crippen molar-refractivity contribution in [3.8, 4) is 0 Å².